The summed E-state index contributed by atoms with van der Waals surface area (Å²) in [6, 6.07) is 33.9. The number of aryl methyl sites for hydroxylation is 2. The molecule has 5 aromatic rings. The topological polar surface area (TPSA) is 82.4 Å². The van der Waals surface area contributed by atoms with Crippen LogP contribution in [0.4, 0.5) is 10.5 Å². The third-order valence-electron chi connectivity index (χ3n) is 6.22. The Morgan fingerprint density at radius 3 is 2.24 bits per heavy atom. The third kappa shape index (κ3) is 4.64. The highest BCUT2D eigenvalue weighted by Gasteiger charge is 2.39. The highest BCUT2D eigenvalue weighted by atomic mass is 16.6. The molecule has 0 N–H and O–H groups in total. The molecule has 0 saturated heterocycles. The van der Waals surface area contributed by atoms with E-state index in [1.807, 2.05) is 91.0 Å². The summed E-state index contributed by atoms with van der Waals surface area (Å²) < 4.78 is 13.4. The van der Waals surface area contributed by atoms with Crippen molar-refractivity contribution >= 4 is 11.8 Å². The van der Waals surface area contributed by atoms with Crippen LogP contribution in [0.15, 0.2) is 109 Å². The molecule has 0 fully saturated rings. The lowest BCUT2D eigenvalue weighted by atomic mass is 10.0. The van der Waals surface area contributed by atoms with Gasteiger partial charge in [-0.3, -0.25) is 4.90 Å². The number of tetrazole rings is 1. The summed E-state index contributed by atoms with van der Waals surface area (Å²) in [6.45, 7) is 0.567. The predicted molar refractivity (Wildman–Crippen MR) is 138 cm³/mol. The Morgan fingerprint density at radius 1 is 0.784 bits per heavy atom. The van der Waals surface area contributed by atoms with E-state index in [-0.39, 0.29) is 0 Å². The molecular formula is C29H23N5O3. The first-order chi connectivity index (χ1) is 18.3. The molecule has 1 atom stereocenters. The van der Waals surface area contributed by atoms with Crippen LogP contribution in [0.5, 0.6) is 17.2 Å². The molecule has 4 aromatic carbocycles. The van der Waals surface area contributed by atoms with E-state index in [0.29, 0.717) is 29.6 Å². The smallest absolute Gasteiger partial charge is 0.420 e. The number of hydrogen-bond acceptors (Lipinski definition) is 6. The van der Waals surface area contributed by atoms with Gasteiger partial charge in [0, 0.05) is 17.8 Å². The van der Waals surface area contributed by atoms with Gasteiger partial charge in [0.2, 0.25) is 0 Å². The standard InChI is InChI=1S/C29H23N5O3/c35-29-34(22-15-17-24(18-16-22)36-23-11-5-2-6-12-23)27(25-13-7-8-14-26(25)37-29)28-30-31-32-33(28)20-19-21-9-3-1-4-10-21/h1-18,27H,19-20H2/t27-/m1/s1. The van der Waals surface area contributed by atoms with E-state index < -0.39 is 12.1 Å². The first-order valence-corrected chi connectivity index (χ1v) is 12.0. The third-order valence-corrected chi connectivity index (χ3v) is 6.22. The minimum absolute atomic E-state index is 0.496. The highest BCUT2D eigenvalue weighted by molar-refractivity contribution is 5.93. The quantitative estimate of drug-likeness (QED) is 0.287. The van der Waals surface area contributed by atoms with Crippen molar-refractivity contribution in [3.05, 3.63) is 126 Å². The molecular weight excluding hydrogens is 466 g/mol. The normalized spacial score (nSPS) is 14.6. The van der Waals surface area contributed by atoms with Crippen molar-refractivity contribution in [2.75, 3.05) is 4.90 Å². The zero-order valence-corrected chi connectivity index (χ0v) is 19.8. The molecule has 1 amide bonds. The fourth-order valence-electron chi connectivity index (χ4n) is 4.44. The number of fused-ring (bicyclic) bond motifs is 1. The van der Waals surface area contributed by atoms with Gasteiger partial charge in [-0.1, -0.05) is 66.7 Å². The zero-order valence-electron chi connectivity index (χ0n) is 19.8. The van der Waals surface area contributed by atoms with Gasteiger partial charge in [-0.25, -0.2) is 9.48 Å². The number of amides is 1. The molecule has 0 radical (unpaired) electrons. The van der Waals surface area contributed by atoms with Gasteiger partial charge in [-0.2, -0.15) is 0 Å². The lowest BCUT2D eigenvalue weighted by Crippen LogP contribution is -2.42. The maximum Gasteiger partial charge on any atom is 0.420 e. The second-order valence-electron chi connectivity index (χ2n) is 8.58. The fourth-order valence-corrected chi connectivity index (χ4v) is 4.44. The average Bonchev–Trinajstić information content (AvgIpc) is 3.41. The molecule has 8 heteroatoms. The molecule has 8 nitrogen and oxygen atoms in total. The summed E-state index contributed by atoms with van der Waals surface area (Å²) in [5, 5.41) is 12.6. The number of ether oxygens (including phenoxy) is 2. The first kappa shape index (κ1) is 22.5. The van der Waals surface area contributed by atoms with Gasteiger partial charge in [-0.15, -0.1) is 5.10 Å². The molecule has 0 unspecified atom stereocenters. The number of hydrogen-bond donors (Lipinski definition) is 0. The molecule has 0 spiro atoms. The second-order valence-corrected chi connectivity index (χ2v) is 8.58. The lowest BCUT2D eigenvalue weighted by Gasteiger charge is -2.35. The Kier molecular flexibility index (Phi) is 6.04. The van der Waals surface area contributed by atoms with E-state index in [9.17, 15) is 4.79 Å². The second kappa shape index (κ2) is 9.94. The summed E-state index contributed by atoms with van der Waals surface area (Å²) in [5.74, 6) is 2.45. The van der Waals surface area contributed by atoms with Crippen LogP contribution < -0.4 is 14.4 Å². The van der Waals surface area contributed by atoms with Crippen molar-refractivity contribution in [1.29, 1.82) is 0 Å². The largest absolute Gasteiger partial charge is 0.457 e. The summed E-state index contributed by atoms with van der Waals surface area (Å²) >= 11 is 0. The monoisotopic (exact) mass is 489 g/mol. The summed E-state index contributed by atoms with van der Waals surface area (Å²) in [4.78, 5) is 14.9. The van der Waals surface area contributed by atoms with Gasteiger partial charge >= 0.3 is 6.09 Å². The maximum absolute atomic E-state index is 13.3. The SMILES string of the molecule is O=C1Oc2ccccc2[C@H](c2nnnn2CCc2ccccc2)N1c1ccc(Oc2ccccc2)cc1. The molecule has 1 aromatic heterocycles. The number of carbonyl (C=O) groups excluding carboxylic acids is 1. The van der Waals surface area contributed by atoms with E-state index in [1.54, 1.807) is 15.6 Å². The van der Waals surface area contributed by atoms with Crippen LogP contribution in [0.2, 0.25) is 0 Å². The van der Waals surface area contributed by atoms with E-state index in [0.717, 1.165) is 17.7 Å². The number of nitrogens with zero attached hydrogens (tertiary/aromatic N) is 5. The van der Waals surface area contributed by atoms with E-state index >= 15 is 0 Å². The van der Waals surface area contributed by atoms with Crippen LogP contribution in [0, 0.1) is 0 Å². The Balaban J connectivity index is 1.34. The van der Waals surface area contributed by atoms with Gasteiger partial charge in [0.1, 0.15) is 23.3 Å². The number of carbonyl (C=O) groups is 1. The summed E-state index contributed by atoms with van der Waals surface area (Å²) in [5.41, 5.74) is 2.63. The van der Waals surface area contributed by atoms with E-state index in [2.05, 4.69) is 27.7 Å². The minimum Gasteiger partial charge on any atom is -0.457 e. The summed E-state index contributed by atoms with van der Waals surface area (Å²) in [7, 11) is 0. The maximum atomic E-state index is 13.3. The van der Waals surface area contributed by atoms with Crippen molar-refractivity contribution < 1.29 is 14.3 Å². The van der Waals surface area contributed by atoms with Crippen molar-refractivity contribution in [3.8, 4) is 17.2 Å². The van der Waals surface area contributed by atoms with Gasteiger partial charge in [-0.05, 0) is 64.9 Å². The molecule has 1 aliphatic rings. The molecule has 0 saturated carbocycles. The zero-order chi connectivity index (χ0) is 25.0. The van der Waals surface area contributed by atoms with Gasteiger partial charge < -0.3 is 9.47 Å². The van der Waals surface area contributed by atoms with Crippen molar-refractivity contribution in [2.45, 2.75) is 19.0 Å². The van der Waals surface area contributed by atoms with E-state index in [4.69, 9.17) is 9.47 Å². The van der Waals surface area contributed by atoms with Crippen LogP contribution >= 0.6 is 0 Å². The van der Waals surface area contributed by atoms with E-state index in [1.165, 1.54) is 5.56 Å². The van der Waals surface area contributed by atoms with Crippen LogP contribution in [-0.2, 0) is 13.0 Å². The molecule has 182 valence electrons. The summed E-state index contributed by atoms with van der Waals surface area (Å²) in [6.07, 6.45) is 0.251. The molecule has 0 bridgehead atoms. The first-order valence-electron chi connectivity index (χ1n) is 12.0. The van der Waals surface area contributed by atoms with Crippen molar-refractivity contribution in [2.24, 2.45) is 0 Å². The average molecular weight is 490 g/mol. The van der Waals surface area contributed by atoms with Crippen LogP contribution in [0.3, 0.4) is 0 Å². The number of para-hydroxylation sites is 2. The van der Waals surface area contributed by atoms with Crippen molar-refractivity contribution in [3.63, 3.8) is 0 Å². The minimum atomic E-state index is -0.566. The molecule has 2 heterocycles. The molecule has 1 aliphatic heterocycles. The Hall–Kier alpha value is -4.98. The Morgan fingerprint density at radius 2 is 1.46 bits per heavy atom. The van der Waals surface area contributed by atoms with Crippen LogP contribution in [0.1, 0.15) is 23.0 Å². The lowest BCUT2D eigenvalue weighted by molar-refractivity contribution is 0.200. The van der Waals surface area contributed by atoms with Crippen LogP contribution in [-0.4, -0.2) is 26.3 Å². The number of aromatic nitrogens is 4. The van der Waals surface area contributed by atoms with Crippen molar-refractivity contribution in [1.82, 2.24) is 20.2 Å². The van der Waals surface area contributed by atoms with Gasteiger partial charge in [0.25, 0.3) is 0 Å². The Labute approximate surface area is 213 Å². The predicted octanol–water partition coefficient (Wildman–Crippen LogP) is 5.82. The fraction of sp³-hybridized carbons (Fsp3) is 0.103. The number of anilines is 1. The van der Waals surface area contributed by atoms with Gasteiger partial charge in [0.15, 0.2) is 5.82 Å². The van der Waals surface area contributed by atoms with Gasteiger partial charge in [0.05, 0.1) is 0 Å². The molecule has 6 rings (SSSR count). The molecule has 0 aliphatic carbocycles. The number of benzene rings is 4. The molecule has 37 heavy (non-hydrogen) atoms. The van der Waals surface area contributed by atoms with Crippen LogP contribution in [0.25, 0.3) is 0 Å². The highest BCUT2D eigenvalue weighted by Crippen LogP contribution is 2.41. The number of rotatable bonds is 7. The Bertz CT molecular complexity index is 1500.